The minimum Gasteiger partial charge on any atom is -0.398 e. The fourth-order valence-electron chi connectivity index (χ4n) is 1.29. The van der Waals surface area contributed by atoms with E-state index in [-0.39, 0.29) is 5.91 Å². The molecule has 0 aliphatic rings. The van der Waals surface area contributed by atoms with Gasteiger partial charge in [-0.3, -0.25) is 10.2 Å². The molecule has 0 saturated carbocycles. The molecule has 0 unspecified atom stereocenters. The number of hydrogen-bond donors (Lipinski definition) is 3. The van der Waals surface area contributed by atoms with E-state index in [1.807, 2.05) is 39.0 Å². The molecule has 1 aromatic rings. The lowest BCUT2D eigenvalue weighted by atomic mass is 9.96. The summed E-state index contributed by atoms with van der Waals surface area (Å²) in [5, 5.41) is 0. The van der Waals surface area contributed by atoms with Crippen molar-refractivity contribution in [3.05, 3.63) is 23.8 Å². The van der Waals surface area contributed by atoms with Gasteiger partial charge in [0.05, 0.1) is 5.41 Å². The van der Waals surface area contributed by atoms with Gasteiger partial charge in [-0.25, -0.2) is 5.84 Å². The van der Waals surface area contributed by atoms with Crippen LogP contribution in [0.15, 0.2) is 23.1 Å². The van der Waals surface area contributed by atoms with Crippen LogP contribution in [0.4, 0.5) is 5.69 Å². The number of benzene rings is 1. The van der Waals surface area contributed by atoms with E-state index in [4.69, 9.17) is 11.6 Å². The second kappa shape index (κ2) is 5.42. The Morgan fingerprint density at radius 3 is 2.71 bits per heavy atom. The largest absolute Gasteiger partial charge is 0.398 e. The van der Waals surface area contributed by atoms with E-state index >= 15 is 0 Å². The Morgan fingerprint density at radius 1 is 1.47 bits per heavy atom. The average Bonchev–Trinajstić information content (AvgIpc) is 2.29. The van der Waals surface area contributed by atoms with E-state index in [1.165, 1.54) is 0 Å². The predicted molar refractivity (Wildman–Crippen MR) is 72.4 cm³/mol. The molecule has 0 spiro atoms. The summed E-state index contributed by atoms with van der Waals surface area (Å²) >= 11 is 1.57. The topological polar surface area (TPSA) is 81.1 Å². The van der Waals surface area contributed by atoms with Crippen LogP contribution in [-0.4, -0.2) is 11.7 Å². The number of aryl methyl sites for hydroxylation is 1. The minimum absolute atomic E-state index is 0.170. The van der Waals surface area contributed by atoms with Gasteiger partial charge in [0.1, 0.15) is 0 Å². The lowest BCUT2D eigenvalue weighted by molar-refractivity contribution is -0.128. The molecule has 5 heteroatoms. The number of carbonyl (C=O) groups is 1. The summed E-state index contributed by atoms with van der Waals surface area (Å²) in [6.45, 7) is 5.73. The quantitative estimate of drug-likeness (QED) is 0.251. The van der Waals surface area contributed by atoms with Crippen LogP contribution in [0.2, 0.25) is 0 Å². The molecule has 0 atom stereocenters. The van der Waals surface area contributed by atoms with E-state index in [1.54, 1.807) is 11.8 Å². The number of hydrogen-bond acceptors (Lipinski definition) is 4. The second-order valence-corrected chi connectivity index (χ2v) is 5.70. The summed E-state index contributed by atoms with van der Waals surface area (Å²) in [5.74, 6) is 5.61. The van der Waals surface area contributed by atoms with Crippen molar-refractivity contribution in [2.45, 2.75) is 25.7 Å². The van der Waals surface area contributed by atoms with Crippen LogP contribution in [0.25, 0.3) is 0 Å². The summed E-state index contributed by atoms with van der Waals surface area (Å²) in [6, 6.07) is 5.88. The molecule has 1 amide bonds. The molecule has 0 heterocycles. The monoisotopic (exact) mass is 253 g/mol. The van der Waals surface area contributed by atoms with Gasteiger partial charge in [-0.15, -0.1) is 11.8 Å². The minimum atomic E-state index is -0.518. The van der Waals surface area contributed by atoms with Crippen molar-refractivity contribution in [2.75, 3.05) is 11.5 Å². The summed E-state index contributed by atoms with van der Waals surface area (Å²) in [5.41, 5.74) is 9.44. The molecule has 94 valence electrons. The van der Waals surface area contributed by atoms with Crippen molar-refractivity contribution in [2.24, 2.45) is 11.3 Å². The third-order valence-corrected chi connectivity index (χ3v) is 4.03. The van der Waals surface area contributed by atoms with Crippen LogP contribution in [0.3, 0.4) is 0 Å². The van der Waals surface area contributed by atoms with Gasteiger partial charge in [0.15, 0.2) is 0 Å². The highest BCUT2D eigenvalue weighted by Crippen LogP contribution is 2.31. The van der Waals surface area contributed by atoms with Crippen LogP contribution < -0.4 is 17.0 Å². The van der Waals surface area contributed by atoms with Crippen molar-refractivity contribution in [3.63, 3.8) is 0 Å². The highest BCUT2D eigenvalue weighted by Gasteiger charge is 2.27. The van der Waals surface area contributed by atoms with Crippen molar-refractivity contribution in [1.29, 1.82) is 0 Å². The molecule has 0 aliphatic heterocycles. The number of amides is 1. The molecule has 1 aromatic carbocycles. The average molecular weight is 253 g/mol. The number of thioether (sulfide) groups is 1. The van der Waals surface area contributed by atoms with Crippen LogP contribution in [0.1, 0.15) is 19.4 Å². The Morgan fingerprint density at radius 2 is 2.12 bits per heavy atom. The molecule has 17 heavy (non-hydrogen) atoms. The molecular weight excluding hydrogens is 234 g/mol. The lowest BCUT2D eigenvalue weighted by Gasteiger charge is -2.22. The van der Waals surface area contributed by atoms with Gasteiger partial charge in [-0.2, -0.15) is 0 Å². The maximum atomic E-state index is 11.5. The summed E-state index contributed by atoms with van der Waals surface area (Å²) < 4.78 is 0. The SMILES string of the molecule is Cc1ccc(N)c(SCC(C)(C)C(=O)NN)c1. The first-order valence-corrected chi connectivity index (χ1v) is 6.35. The Hall–Kier alpha value is -1.20. The number of nitrogen functional groups attached to an aromatic ring is 1. The number of nitrogens with two attached hydrogens (primary N) is 2. The highest BCUT2D eigenvalue weighted by molar-refractivity contribution is 7.99. The van der Waals surface area contributed by atoms with Crippen molar-refractivity contribution < 1.29 is 4.79 Å². The number of carbonyl (C=O) groups excluding carboxylic acids is 1. The van der Waals surface area contributed by atoms with Crippen LogP contribution in [-0.2, 0) is 4.79 Å². The van der Waals surface area contributed by atoms with Crippen molar-refractivity contribution in [3.8, 4) is 0 Å². The number of hydrazine groups is 1. The Balaban J connectivity index is 2.73. The molecular formula is C12H19N3OS. The molecule has 0 aliphatic carbocycles. The number of nitrogens with one attached hydrogen (secondary N) is 1. The first-order chi connectivity index (χ1) is 7.86. The maximum absolute atomic E-state index is 11.5. The van der Waals surface area contributed by atoms with Gasteiger partial charge < -0.3 is 5.73 Å². The predicted octanol–water partition coefficient (Wildman–Crippen LogP) is 1.69. The van der Waals surface area contributed by atoms with E-state index in [0.717, 1.165) is 16.1 Å². The molecule has 0 saturated heterocycles. The summed E-state index contributed by atoms with van der Waals surface area (Å²) in [4.78, 5) is 12.5. The maximum Gasteiger partial charge on any atom is 0.240 e. The van der Waals surface area contributed by atoms with Gasteiger partial charge in [0.25, 0.3) is 0 Å². The van der Waals surface area contributed by atoms with Gasteiger partial charge in [-0.05, 0) is 24.6 Å². The molecule has 0 bridgehead atoms. The van der Waals surface area contributed by atoms with E-state index in [2.05, 4.69) is 5.43 Å². The van der Waals surface area contributed by atoms with Crippen LogP contribution in [0.5, 0.6) is 0 Å². The fraction of sp³-hybridized carbons (Fsp3) is 0.417. The molecule has 0 aromatic heterocycles. The second-order valence-electron chi connectivity index (χ2n) is 4.69. The zero-order valence-corrected chi connectivity index (χ0v) is 11.2. The standard InChI is InChI=1S/C12H19N3OS/c1-8-4-5-9(13)10(6-8)17-7-12(2,3)11(16)15-14/h4-6H,7,13-14H2,1-3H3,(H,15,16). The Labute approximate surface area is 106 Å². The van der Waals surface area contributed by atoms with Gasteiger partial charge in [0, 0.05) is 16.3 Å². The number of rotatable bonds is 4. The Bertz CT molecular complexity index is 418. The fourth-order valence-corrected chi connectivity index (χ4v) is 2.44. The third kappa shape index (κ3) is 3.64. The van der Waals surface area contributed by atoms with E-state index in [9.17, 15) is 4.79 Å². The molecule has 4 nitrogen and oxygen atoms in total. The highest BCUT2D eigenvalue weighted by atomic mass is 32.2. The Kier molecular flexibility index (Phi) is 4.42. The first-order valence-electron chi connectivity index (χ1n) is 5.37. The van der Waals surface area contributed by atoms with Crippen LogP contribution >= 0.6 is 11.8 Å². The molecule has 1 rings (SSSR count). The van der Waals surface area contributed by atoms with Crippen molar-refractivity contribution in [1.82, 2.24) is 5.43 Å². The lowest BCUT2D eigenvalue weighted by Crippen LogP contribution is -2.42. The van der Waals surface area contributed by atoms with Crippen LogP contribution in [0, 0.1) is 12.3 Å². The van der Waals surface area contributed by atoms with Gasteiger partial charge >= 0.3 is 0 Å². The summed E-state index contributed by atoms with van der Waals surface area (Å²) in [7, 11) is 0. The van der Waals surface area contributed by atoms with Gasteiger partial charge in [-0.1, -0.05) is 19.9 Å². The molecule has 0 fully saturated rings. The van der Waals surface area contributed by atoms with E-state index < -0.39 is 5.41 Å². The zero-order valence-electron chi connectivity index (χ0n) is 10.4. The smallest absolute Gasteiger partial charge is 0.240 e. The van der Waals surface area contributed by atoms with E-state index in [0.29, 0.717) is 5.75 Å². The first kappa shape index (κ1) is 13.9. The number of anilines is 1. The third-order valence-electron chi connectivity index (χ3n) is 2.50. The summed E-state index contributed by atoms with van der Waals surface area (Å²) in [6.07, 6.45) is 0. The van der Waals surface area contributed by atoms with Crippen molar-refractivity contribution >= 4 is 23.4 Å². The normalized spacial score (nSPS) is 11.3. The molecule has 5 N–H and O–H groups in total. The zero-order chi connectivity index (χ0) is 13.1. The molecule has 0 radical (unpaired) electrons. The van der Waals surface area contributed by atoms with Gasteiger partial charge in [0.2, 0.25) is 5.91 Å².